The molecule has 3 aromatic rings. The molecule has 0 saturated carbocycles. The number of ether oxygens (including phenoxy) is 1. The second-order valence-electron chi connectivity index (χ2n) is 4.96. The molecule has 0 unspecified atom stereocenters. The van der Waals surface area contributed by atoms with Crippen molar-refractivity contribution >= 4 is 10.8 Å². The van der Waals surface area contributed by atoms with Crippen LogP contribution in [0.2, 0.25) is 0 Å². The number of fused-ring (bicyclic) bond motifs is 1. The molecule has 1 aromatic heterocycles. The van der Waals surface area contributed by atoms with E-state index in [0.717, 1.165) is 29.8 Å². The van der Waals surface area contributed by atoms with Gasteiger partial charge in [0.15, 0.2) is 5.75 Å². The van der Waals surface area contributed by atoms with E-state index >= 15 is 0 Å². The normalized spacial score (nSPS) is 10.7. The number of aromatic nitrogens is 2. The van der Waals surface area contributed by atoms with E-state index in [1.165, 1.54) is 10.8 Å². The first-order valence-corrected chi connectivity index (χ1v) is 7.31. The molecular formula is C18H18N2O. The summed E-state index contributed by atoms with van der Waals surface area (Å²) in [6, 6.07) is 14.6. The minimum absolute atomic E-state index is 0.696. The Labute approximate surface area is 124 Å². The third kappa shape index (κ3) is 2.87. The number of hydrogen-bond acceptors (Lipinski definition) is 3. The Hall–Kier alpha value is -2.42. The van der Waals surface area contributed by atoms with Gasteiger partial charge in [-0.25, -0.2) is 9.97 Å². The van der Waals surface area contributed by atoms with Crippen molar-refractivity contribution in [2.45, 2.75) is 19.8 Å². The lowest BCUT2D eigenvalue weighted by molar-refractivity contribution is 0.308. The number of benzene rings is 2. The lowest BCUT2D eigenvalue weighted by Gasteiger charge is -2.11. The minimum Gasteiger partial charge on any atom is -0.490 e. The van der Waals surface area contributed by atoms with Crippen LogP contribution in [0.3, 0.4) is 0 Å². The standard InChI is InChI=1S/C18H18N2O/c1-2-3-11-21-17-12-19-13-20-18(17)16-10-6-8-14-7-4-5-9-15(14)16/h4-10,12-13H,2-3,11H2,1H3. The van der Waals surface area contributed by atoms with Gasteiger partial charge in [0.25, 0.3) is 0 Å². The fraction of sp³-hybridized carbons (Fsp3) is 0.222. The van der Waals surface area contributed by atoms with Gasteiger partial charge in [-0.15, -0.1) is 0 Å². The molecule has 0 atom stereocenters. The van der Waals surface area contributed by atoms with Crippen molar-refractivity contribution in [3.63, 3.8) is 0 Å². The summed E-state index contributed by atoms with van der Waals surface area (Å²) >= 11 is 0. The van der Waals surface area contributed by atoms with Gasteiger partial charge in [0.05, 0.1) is 12.8 Å². The van der Waals surface area contributed by atoms with Crippen molar-refractivity contribution in [1.82, 2.24) is 9.97 Å². The predicted molar refractivity (Wildman–Crippen MR) is 85.4 cm³/mol. The van der Waals surface area contributed by atoms with Gasteiger partial charge in [-0.3, -0.25) is 0 Å². The van der Waals surface area contributed by atoms with E-state index < -0.39 is 0 Å². The Balaban J connectivity index is 2.06. The summed E-state index contributed by atoms with van der Waals surface area (Å²) in [5.41, 5.74) is 1.94. The van der Waals surface area contributed by atoms with Gasteiger partial charge in [-0.1, -0.05) is 55.8 Å². The Kier molecular flexibility index (Phi) is 4.10. The van der Waals surface area contributed by atoms with Gasteiger partial charge in [0.1, 0.15) is 12.0 Å². The van der Waals surface area contributed by atoms with Crippen LogP contribution >= 0.6 is 0 Å². The molecule has 106 valence electrons. The van der Waals surface area contributed by atoms with Crippen molar-refractivity contribution in [2.24, 2.45) is 0 Å². The molecule has 0 bridgehead atoms. The van der Waals surface area contributed by atoms with Crippen LogP contribution < -0.4 is 4.74 Å². The van der Waals surface area contributed by atoms with Crippen LogP contribution in [0, 0.1) is 0 Å². The second kappa shape index (κ2) is 6.35. The fourth-order valence-electron chi connectivity index (χ4n) is 2.38. The van der Waals surface area contributed by atoms with Crippen molar-refractivity contribution in [2.75, 3.05) is 6.61 Å². The monoisotopic (exact) mass is 278 g/mol. The molecule has 21 heavy (non-hydrogen) atoms. The van der Waals surface area contributed by atoms with Crippen molar-refractivity contribution < 1.29 is 4.74 Å². The van der Waals surface area contributed by atoms with Crippen molar-refractivity contribution in [3.8, 4) is 17.0 Å². The molecule has 0 radical (unpaired) electrons. The Bertz CT molecular complexity index is 735. The number of hydrogen-bond donors (Lipinski definition) is 0. The summed E-state index contributed by atoms with van der Waals surface area (Å²) in [4.78, 5) is 8.54. The van der Waals surface area contributed by atoms with Crippen LogP contribution in [-0.2, 0) is 0 Å². The zero-order chi connectivity index (χ0) is 14.5. The SMILES string of the molecule is CCCCOc1cncnc1-c1cccc2ccccc12. The first-order chi connectivity index (χ1) is 10.4. The first-order valence-electron chi connectivity index (χ1n) is 7.31. The van der Waals surface area contributed by atoms with Crippen LogP contribution in [0.25, 0.3) is 22.0 Å². The Morgan fingerprint density at radius 2 is 1.90 bits per heavy atom. The van der Waals surface area contributed by atoms with Crippen LogP contribution in [0.5, 0.6) is 5.75 Å². The molecule has 0 aliphatic heterocycles. The molecule has 0 aliphatic rings. The highest BCUT2D eigenvalue weighted by Crippen LogP contribution is 2.32. The topological polar surface area (TPSA) is 35.0 Å². The maximum absolute atomic E-state index is 5.86. The summed E-state index contributed by atoms with van der Waals surface area (Å²) in [5, 5.41) is 2.38. The van der Waals surface area contributed by atoms with Crippen LogP contribution in [-0.4, -0.2) is 16.6 Å². The molecule has 3 rings (SSSR count). The molecular weight excluding hydrogens is 260 g/mol. The molecule has 3 heteroatoms. The highest BCUT2D eigenvalue weighted by atomic mass is 16.5. The highest BCUT2D eigenvalue weighted by molar-refractivity contribution is 5.96. The third-order valence-corrected chi connectivity index (χ3v) is 3.48. The van der Waals surface area contributed by atoms with Gasteiger partial charge >= 0.3 is 0 Å². The zero-order valence-corrected chi connectivity index (χ0v) is 12.1. The van der Waals surface area contributed by atoms with Crippen molar-refractivity contribution in [3.05, 3.63) is 55.0 Å². The lowest BCUT2D eigenvalue weighted by atomic mass is 10.0. The van der Waals surface area contributed by atoms with Gasteiger partial charge in [0, 0.05) is 5.56 Å². The summed E-state index contributed by atoms with van der Waals surface area (Å²) in [6.45, 7) is 2.85. The third-order valence-electron chi connectivity index (χ3n) is 3.48. The fourth-order valence-corrected chi connectivity index (χ4v) is 2.38. The van der Waals surface area contributed by atoms with E-state index in [1.807, 2.05) is 12.1 Å². The Morgan fingerprint density at radius 1 is 1.05 bits per heavy atom. The smallest absolute Gasteiger partial charge is 0.163 e. The summed E-state index contributed by atoms with van der Waals surface area (Å²) in [6.07, 6.45) is 5.46. The minimum atomic E-state index is 0.696. The van der Waals surface area contributed by atoms with E-state index in [9.17, 15) is 0 Å². The van der Waals surface area contributed by atoms with E-state index in [1.54, 1.807) is 12.5 Å². The van der Waals surface area contributed by atoms with E-state index in [2.05, 4.69) is 47.2 Å². The van der Waals surface area contributed by atoms with Gasteiger partial charge < -0.3 is 4.74 Å². The lowest BCUT2D eigenvalue weighted by Crippen LogP contribution is -2.00. The maximum Gasteiger partial charge on any atom is 0.163 e. The number of nitrogens with zero attached hydrogens (tertiary/aromatic N) is 2. The van der Waals surface area contributed by atoms with E-state index in [0.29, 0.717) is 6.61 Å². The molecule has 2 aromatic carbocycles. The molecule has 3 nitrogen and oxygen atoms in total. The highest BCUT2D eigenvalue weighted by Gasteiger charge is 2.11. The average molecular weight is 278 g/mol. The Morgan fingerprint density at radius 3 is 2.81 bits per heavy atom. The van der Waals surface area contributed by atoms with Gasteiger partial charge in [0.2, 0.25) is 0 Å². The summed E-state index contributed by atoms with van der Waals surface area (Å²) in [5.74, 6) is 0.752. The zero-order valence-electron chi connectivity index (χ0n) is 12.1. The van der Waals surface area contributed by atoms with E-state index in [4.69, 9.17) is 4.74 Å². The predicted octanol–water partition coefficient (Wildman–Crippen LogP) is 4.48. The van der Waals surface area contributed by atoms with Crippen LogP contribution in [0.1, 0.15) is 19.8 Å². The molecule has 0 amide bonds. The number of rotatable bonds is 5. The molecule has 0 spiro atoms. The molecule has 0 aliphatic carbocycles. The second-order valence-corrected chi connectivity index (χ2v) is 4.96. The molecule has 0 N–H and O–H groups in total. The summed E-state index contributed by atoms with van der Waals surface area (Å²) < 4.78 is 5.86. The molecule has 1 heterocycles. The summed E-state index contributed by atoms with van der Waals surface area (Å²) in [7, 11) is 0. The average Bonchev–Trinajstić information content (AvgIpc) is 2.55. The van der Waals surface area contributed by atoms with Gasteiger partial charge in [-0.05, 0) is 17.2 Å². The molecule has 0 saturated heterocycles. The van der Waals surface area contributed by atoms with Crippen LogP contribution in [0.4, 0.5) is 0 Å². The quantitative estimate of drug-likeness (QED) is 0.646. The number of unbranched alkanes of at least 4 members (excludes halogenated alkanes) is 1. The van der Waals surface area contributed by atoms with Crippen LogP contribution in [0.15, 0.2) is 55.0 Å². The first kappa shape index (κ1) is 13.6. The van der Waals surface area contributed by atoms with Gasteiger partial charge in [-0.2, -0.15) is 0 Å². The maximum atomic E-state index is 5.86. The van der Waals surface area contributed by atoms with E-state index in [-0.39, 0.29) is 0 Å². The van der Waals surface area contributed by atoms with Crippen molar-refractivity contribution in [1.29, 1.82) is 0 Å². The molecule has 0 fully saturated rings. The largest absolute Gasteiger partial charge is 0.490 e.